The standard InChI is InChI=1S/C16H24N2O/c1-13-6-4-5-7-14(13)10-15(19)18-9-8-17-11-16(2,3)12-18/h4-7,17H,8-12H2,1-3H3. The zero-order valence-electron chi connectivity index (χ0n) is 12.2. The molecular formula is C16H24N2O. The number of nitrogens with zero attached hydrogens (tertiary/aromatic N) is 1. The maximum Gasteiger partial charge on any atom is 0.227 e. The SMILES string of the molecule is Cc1ccccc1CC(=O)N1CCNCC(C)(C)C1. The van der Waals surface area contributed by atoms with Gasteiger partial charge < -0.3 is 10.2 Å². The van der Waals surface area contributed by atoms with Crippen molar-refractivity contribution in [1.29, 1.82) is 0 Å². The van der Waals surface area contributed by atoms with Crippen LogP contribution in [0, 0.1) is 12.3 Å². The van der Waals surface area contributed by atoms with Gasteiger partial charge in [-0.3, -0.25) is 4.79 Å². The van der Waals surface area contributed by atoms with Gasteiger partial charge in [0.25, 0.3) is 0 Å². The summed E-state index contributed by atoms with van der Waals surface area (Å²) in [5.74, 6) is 0.242. The van der Waals surface area contributed by atoms with Gasteiger partial charge in [-0.25, -0.2) is 0 Å². The zero-order valence-corrected chi connectivity index (χ0v) is 12.2. The Morgan fingerprint density at radius 3 is 2.84 bits per heavy atom. The predicted molar refractivity (Wildman–Crippen MR) is 78.1 cm³/mol. The summed E-state index contributed by atoms with van der Waals surface area (Å²) in [6.07, 6.45) is 0.517. The molecule has 3 nitrogen and oxygen atoms in total. The summed E-state index contributed by atoms with van der Waals surface area (Å²) >= 11 is 0. The second-order valence-corrected chi connectivity index (χ2v) is 6.26. The summed E-state index contributed by atoms with van der Waals surface area (Å²) in [6, 6.07) is 8.14. The zero-order chi connectivity index (χ0) is 13.9. The molecule has 0 spiro atoms. The molecule has 1 aromatic carbocycles. The van der Waals surface area contributed by atoms with Gasteiger partial charge in [-0.1, -0.05) is 38.1 Å². The van der Waals surface area contributed by atoms with Crippen molar-refractivity contribution in [2.75, 3.05) is 26.2 Å². The number of carbonyl (C=O) groups excluding carboxylic acids is 1. The van der Waals surface area contributed by atoms with Crippen LogP contribution in [0.3, 0.4) is 0 Å². The quantitative estimate of drug-likeness (QED) is 0.882. The molecule has 104 valence electrons. The Balaban J connectivity index is 2.05. The summed E-state index contributed by atoms with van der Waals surface area (Å²) < 4.78 is 0. The smallest absolute Gasteiger partial charge is 0.227 e. The van der Waals surface area contributed by atoms with Crippen molar-refractivity contribution in [2.45, 2.75) is 27.2 Å². The van der Waals surface area contributed by atoms with Crippen molar-refractivity contribution >= 4 is 5.91 Å². The van der Waals surface area contributed by atoms with E-state index in [1.165, 1.54) is 5.56 Å². The van der Waals surface area contributed by atoms with E-state index in [4.69, 9.17) is 0 Å². The first kappa shape index (κ1) is 14.1. The van der Waals surface area contributed by atoms with Crippen LogP contribution < -0.4 is 5.32 Å². The van der Waals surface area contributed by atoms with Crippen LogP contribution >= 0.6 is 0 Å². The van der Waals surface area contributed by atoms with Gasteiger partial charge in [0.1, 0.15) is 0 Å². The molecule has 0 atom stereocenters. The molecule has 0 bridgehead atoms. The van der Waals surface area contributed by atoms with Crippen LogP contribution in [0.1, 0.15) is 25.0 Å². The summed E-state index contributed by atoms with van der Waals surface area (Å²) in [5.41, 5.74) is 2.49. The summed E-state index contributed by atoms with van der Waals surface area (Å²) in [6.45, 7) is 10.00. The van der Waals surface area contributed by atoms with Crippen molar-refractivity contribution < 1.29 is 4.79 Å². The number of hydrogen-bond donors (Lipinski definition) is 1. The van der Waals surface area contributed by atoms with E-state index in [1.54, 1.807) is 0 Å². The predicted octanol–water partition coefficient (Wildman–Crippen LogP) is 2.00. The highest BCUT2D eigenvalue weighted by Crippen LogP contribution is 2.19. The number of benzene rings is 1. The highest BCUT2D eigenvalue weighted by Gasteiger charge is 2.27. The third-order valence-corrected chi connectivity index (χ3v) is 3.74. The van der Waals surface area contributed by atoms with Crippen LogP contribution in [0.4, 0.5) is 0 Å². The molecule has 1 aromatic rings. The van der Waals surface area contributed by atoms with Crippen molar-refractivity contribution in [3.63, 3.8) is 0 Å². The van der Waals surface area contributed by atoms with Crippen LogP contribution in [0.15, 0.2) is 24.3 Å². The van der Waals surface area contributed by atoms with Gasteiger partial charge in [0, 0.05) is 26.2 Å². The first-order valence-electron chi connectivity index (χ1n) is 7.01. The molecule has 0 unspecified atom stereocenters. The van der Waals surface area contributed by atoms with E-state index >= 15 is 0 Å². The van der Waals surface area contributed by atoms with E-state index < -0.39 is 0 Å². The summed E-state index contributed by atoms with van der Waals surface area (Å²) in [7, 11) is 0. The minimum absolute atomic E-state index is 0.151. The second kappa shape index (κ2) is 5.74. The van der Waals surface area contributed by atoms with Gasteiger partial charge in [-0.2, -0.15) is 0 Å². The van der Waals surface area contributed by atoms with Crippen LogP contribution in [0.25, 0.3) is 0 Å². The molecule has 0 aliphatic carbocycles. The molecule has 3 heteroatoms. The average molecular weight is 260 g/mol. The number of nitrogens with one attached hydrogen (secondary N) is 1. The Kier molecular flexibility index (Phi) is 4.25. The highest BCUT2D eigenvalue weighted by atomic mass is 16.2. The molecule has 1 aliphatic heterocycles. The maximum atomic E-state index is 12.5. The van der Waals surface area contributed by atoms with Gasteiger partial charge in [0.15, 0.2) is 0 Å². The van der Waals surface area contributed by atoms with Gasteiger partial charge in [0.2, 0.25) is 5.91 Å². The Hall–Kier alpha value is -1.35. The monoisotopic (exact) mass is 260 g/mol. The van der Waals surface area contributed by atoms with E-state index in [0.717, 1.165) is 31.7 Å². The first-order chi connectivity index (χ1) is 8.98. The number of carbonyl (C=O) groups is 1. The number of aryl methyl sites for hydroxylation is 1. The molecule has 1 saturated heterocycles. The fraction of sp³-hybridized carbons (Fsp3) is 0.562. The summed E-state index contributed by atoms with van der Waals surface area (Å²) in [4.78, 5) is 14.5. The maximum absolute atomic E-state index is 12.5. The normalized spacial score (nSPS) is 19.0. The molecule has 0 saturated carbocycles. The van der Waals surface area contributed by atoms with Gasteiger partial charge in [0.05, 0.1) is 6.42 Å². The second-order valence-electron chi connectivity index (χ2n) is 6.26. The van der Waals surface area contributed by atoms with Crippen LogP contribution in [-0.2, 0) is 11.2 Å². The molecule has 1 aliphatic rings. The topological polar surface area (TPSA) is 32.3 Å². The molecular weight excluding hydrogens is 236 g/mol. The van der Waals surface area contributed by atoms with E-state index in [-0.39, 0.29) is 11.3 Å². The van der Waals surface area contributed by atoms with Crippen molar-refractivity contribution in [3.8, 4) is 0 Å². The number of amides is 1. The molecule has 1 fully saturated rings. The third-order valence-electron chi connectivity index (χ3n) is 3.74. The largest absolute Gasteiger partial charge is 0.341 e. The Bertz CT molecular complexity index is 454. The molecule has 0 radical (unpaired) electrons. The molecule has 19 heavy (non-hydrogen) atoms. The van der Waals surface area contributed by atoms with Crippen molar-refractivity contribution in [3.05, 3.63) is 35.4 Å². The fourth-order valence-corrected chi connectivity index (χ4v) is 2.59. The van der Waals surface area contributed by atoms with E-state index in [0.29, 0.717) is 6.42 Å². The highest BCUT2D eigenvalue weighted by molar-refractivity contribution is 5.79. The van der Waals surface area contributed by atoms with Gasteiger partial charge in [-0.05, 0) is 23.5 Å². The Morgan fingerprint density at radius 2 is 2.11 bits per heavy atom. The lowest BCUT2D eigenvalue weighted by Crippen LogP contribution is -2.40. The minimum Gasteiger partial charge on any atom is -0.341 e. The number of rotatable bonds is 2. The van der Waals surface area contributed by atoms with Crippen molar-refractivity contribution in [2.24, 2.45) is 5.41 Å². The van der Waals surface area contributed by atoms with Gasteiger partial charge in [-0.15, -0.1) is 0 Å². The van der Waals surface area contributed by atoms with Crippen LogP contribution in [0.2, 0.25) is 0 Å². The fourth-order valence-electron chi connectivity index (χ4n) is 2.59. The van der Waals surface area contributed by atoms with Crippen LogP contribution in [0.5, 0.6) is 0 Å². The minimum atomic E-state index is 0.151. The molecule has 2 rings (SSSR count). The lowest BCUT2D eigenvalue weighted by molar-refractivity contribution is -0.131. The lowest BCUT2D eigenvalue weighted by atomic mass is 9.93. The molecule has 0 aromatic heterocycles. The molecule has 1 amide bonds. The van der Waals surface area contributed by atoms with Crippen LogP contribution in [-0.4, -0.2) is 37.0 Å². The van der Waals surface area contributed by atoms with E-state index in [1.807, 2.05) is 17.0 Å². The van der Waals surface area contributed by atoms with Gasteiger partial charge >= 0.3 is 0 Å². The molecule has 1 heterocycles. The first-order valence-corrected chi connectivity index (χ1v) is 7.01. The average Bonchev–Trinajstić information content (AvgIpc) is 2.53. The molecule has 1 N–H and O–H groups in total. The Morgan fingerprint density at radius 1 is 1.37 bits per heavy atom. The lowest BCUT2D eigenvalue weighted by Gasteiger charge is -2.29. The van der Waals surface area contributed by atoms with E-state index in [2.05, 4.69) is 38.2 Å². The van der Waals surface area contributed by atoms with Crippen molar-refractivity contribution in [1.82, 2.24) is 10.2 Å². The third kappa shape index (κ3) is 3.80. The summed E-state index contributed by atoms with van der Waals surface area (Å²) in [5, 5.41) is 3.40. The Labute approximate surface area is 116 Å². The number of hydrogen-bond acceptors (Lipinski definition) is 2. The van der Waals surface area contributed by atoms with E-state index in [9.17, 15) is 4.79 Å².